The van der Waals surface area contributed by atoms with E-state index in [1.807, 2.05) is 0 Å². The summed E-state index contributed by atoms with van der Waals surface area (Å²) in [6.45, 7) is 7.20. The van der Waals surface area contributed by atoms with Crippen LogP contribution in [0.15, 0.2) is 0 Å². The van der Waals surface area contributed by atoms with Crippen LogP contribution in [0.5, 0.6) is 0 Å². The highest BCUT2D eigenvalue weighted by Gasteiger charge is 2.30. The predicted molar refractivity (Wildman–Crippen MR) is 58.0 cm³/mol. The molecule has 2 unspecified atom stereocenters. The van der Waals surface area contributed by atoms with E-state index in [1.165, 1.54) is 0 Å². The first-order valence-corrected chi connectivity index (χ1v) is 5.59. The van der Waals surface area contributed by atoms with Crippen LogP contribution in [0.1, 0.15) is 26.7 Å². The Kier molecular flexibility index (Phi) is 5.01. The maximum Gasteiger partial charge on any atom is 0.263 e. The van der Waals surface area contributed by atoms with Gasteiger partial charge >= 0.3 is 0 Å². The lowest BCUT2D eigenvalue weighted by Gasteiger charge is -2.22. The molecule has 2 atom stereocenters. The summed E-state index contributed by atoms with van der Waals surface area (Å²) in [5.74, 6) is 4.85. The summed E-state index contributed by atoms with van der Waals surface area (Å²) in [6, 6.07) is 0. The number of hydrogen-bond acceptors (Lipinski definition) is 4. The van der Waals surface area contributed by atoms with E-state index in [-0.39, 0.29) is 18.1 Å². The van der Waals surface area contributed by atoms with Crippen LogP contribution in [0.2, 0.25) is 0 Å². The van der Waals surface area contributed by atoms with E-state index >= 15 is 0 Å². The van der Waals surface area contributed by atoms with Crippen molar-refractivity contribution in [3.8, 4) is 0 Å². The Labute approximate surface area is 90.9 Å². The molecule has 1 rings (SSSR count). The largest absolute Gasteiger partial charge is 0.364 e. The molecule has 0 saturated carbocycles. The maximum absolute atomic E-state index is 11.2. The summed E-state index contributed by atoms with van der Waals surface area (Å²) < 4.78 is 5.61. The molecule has 0 aromatic rings. The van der Waals surface area contributed by atoms with Crippen LogP contribution < -0.4 is 11.3 Å². The van der Waals surface area contributed by atoms with Crippen LogP contribution in [0.4, 0.5) is 0 Å². The minimum atomic E-state index is -0.351. The van der Waals surface area contributed by atoms with Crippen molar-refractivity contribution in [1.82, 2.24) is 10.3 Å². The normalized spacial score (nSPS) is 25.9. The topological polar surface area (TPSA) is 67.6 Å². The van der Waals surface area contributed by atoms with E-state index in [9.17, 15) is 4.79 Å². The number of nitrogens with one attached hydrogen (secondary N) is 1. The molecule has 15 heavy (non-hydrogen) atoms. The van der Waals surface area contributed by atoms with Gasteiger partial charge in [-0.25, -0.2) is 5.84 Å². The Morgan fingerprint density at radius 2 is 2.13 bits per heavy atom. The van der Waals surface area contributed by atoms with Crippen LogP contribution in [-0.4, -0.2) is 42.6 Å². The van der Waals surface area contributed by atoms with Crippen molar-refractivity contribution in [2.75, 3.05) is 19.6 Å². The molecule has 1 fully saturated rings. The van der Waals surface area contributed by atoms with Crippen LogP contribution in [0.3, 0.4) is 0 Å². The molecule has 1 heterocycles. The molecule has 0 aromatic heterocycles. The molecule has 1 aliphatic heterocycles. The number of ether oxygens (including phenoxy) is 1. The number of hydrogen-bond donors (Lipinski definition) is 2. The van der Waals surface area contributed by atoms with Crippen LogP contribution in [0.25, 0.3) is 0 Å². The second-order valence-electron chi connectivity index (χ2n) is 3.82. The molecule has 1 amide bonds. The van der Waals surface area contributed by atoms with E-state index in [0.29, 0.717) is 0 Å². The Balaban J connectivity index is 2.33. The monoisotopic (exact) mass is 215 g/mol. The Morgan fingerprint density at radius 3 is 2.67 bits per heavy atom. The molecule has 0 bridgehead atoms. The third kappa shape index (κ3) is 3.44. The van der Waals surface area contributed by atoms with Gasteiger partial charge in [-0.2, -0.15) is 0 Å². The van der Waals surface area contributed by atoms with Gasteiger partial charge in [0.1, 0.15) is 6.10 Å². The fourth-order valence-corrected chi connectivity index (χ4v) is 1.90. The lowest BCUT2D eigenvalue weighted by Crippen LogP contribution is -2.40. The van der Waals surface area contributed by atoms with Gasteiger partial charge in [-0.05, 0) is 25.9 Å². The highest BCUT2D eigenvalue weighted by Crippen LogP contribution is 2.20. The first-order valence-electron chi connectivity index (χ1n) is 5.59. The van der Waals surface area contributed by atoms with Crippen molar-refractivity contribution in [1.29, 1.82) is 0 Å². The first-order chi connectivity index (χ1) is 7.21. The number of carbonyl (C=O) groups is 1. The average Bonchev–Trinajstić information content (AvgIpc) is 2.73. The Hall–Kier alpha value is -0.650. The molecule has 5 heteroatoms. The van der Waals surface area contributed by atoms with Crippen molar-refractivity contribution in [3.05, 3.63) is 0 Å². The molecule has 0 spiro atoms. The van der Waals surface area contributed by atoms with Crippen molar-refractivity contribution in [3.63, 3.8) is 0 Å². The van der Waals surface area contributed by atoms with E-state index in [0.717, 1.165) is 32.5 Å². The summed E-state index contributed by atoms with van der Waals surface area (Å²) in [7, 11) is 0. The first kappa shape index (κ1) is 12.4. The van der Waals surface area contributed by atoms with Gasteiger partial charge in [0.25, 0.3) is 5.91 Å². The molecule has 88 valence electrons. The van der Waals surface area contributed by atoms with Crippen LogP contribution in [-0.2, 0) is 9.53 Å². The van der Waals surface area contributed by atoms with Gasteiger partial charge in [0.05, 0.1) is 6.10 Å². The minimum absolute atomic E-state index is 0.173. The highest BCUT2D eigenvalue weighted by atomic mass is 16.5. The second kappa shape index (κ2) is 6.05. The average molecular weight is 215 g/mol. The fourth-order valence-electron chi connectivity index (χ4n) is 1.90. The fraction of sp³-hybridized carbons (Fsp3) is 0.900. The van der Waals surface area contributed by atoms with Crippen LogP contribution >= 0.6 is 0 Å². The standard InChI is InChI=1S/C10H21N3O2/c1-3-13(4-2)7-8-5-6-9(15-8)10(14)12-11/h8-9H,3-7,11H2,1-2H3,(H,12,14). The molecule has 0 aliphatic carbocycles. The number of carbonyl (C=O) groups excluding carboxylic acids is 1. The lowest BCUT2D eigenvalue weighted by atomic mass is 10.2. The summed E-state index contributed by atoms with van der Waals surface area (Å²) in [5, 5.41) is 0. The van der Waals surface area contributed by atoms with Gasteiger partial charge in [0.2, 0.25) is 0 Å². The lowest BCUT2D eigenvalue weighted by molar-refractivity contribution is -0.132. The molecule has 5 nitrogen and oxygen atoms in total. The quantitative estimate of drug-likeness (QED) is 0.381. The number of likely N-dealkylation sites (N-methyl/N-ethyl adjacent to an activating group) is 1. The summed E-state index contributed by atoms with van der Waals surface area (Å²) >= 11 is 0. The van der Waals surface area contributed by atoms with E-state index in [4.69, 9.17) is 10.6 Å². The molecular weight excluding hydrogens is 194 g/mol. The SMILES string of the molecule is CCN(CC)CC1CCC(C(=O)NN)O1. The number of amides is 1. The van der Waals surface area contributed by atoms with Gasteiger partial charge in [0, 0.05) is 6.54 Å². The van der Waals surface area contributed by atoms with Crippen molar-refractivity contribution >= 4 is 5.91 Å². The molecular formula is C10H21N3O2. The van der Waals surface area contributed by atoms with Crippen molar-refractivity contribution < 1.29 is 9.53 Å². The number of nitrogens with two attached hydrogens (primary N) is 1. The van der Waals surface area contributed by atoms with Gasteiger partial charge in [0.15, 0.2) is 0 Å². The molecule has 0 radical (unpaired) electrons. The van der Waals surface area contributed by atoms with Gasteiger partial charge in [-0.3, -0.25) is 10.2 Å². The van der Waals surface area contributed by atoms with Crippen molar-refractivity contribution in [2.24, 2.45) is 5.84 Å². The molecule has 1 saturated heterocycles. The molecule has 0 aromatic carbocycles. The third-order valence-electron chi connectivity index (χ3n) is 2.90. The zero-order chi connectivity index (χ0) is 11.3. The van der Waals surface area contributed by atoms with E-state index < -0.39 is 0 Å². The maximum atomic E-state index is 11.2. The predicted octanol–water partition coefficient (Wildman–Crippen LogP) is -0.134. The summed E-state index contributed by atoms with van der Waals surface area (Å²) in [4.78, 5) is 13.5. The van der Waals surface area contributed by atoms with Gasteiger partial charge in [-0.15, -0.1) is 0 Å². The zero-order valence-electron chi connectivity index (χ0n) is 9.53. The van der Waals surface area contributed by atoms with E-state index in [2.05, 4.69) is 24.2 Å². The molecule has 3 N–H and O–H groups in total. The van der Waals surface area contributed by atoms with Crippen LogP contribution in [0, 0.1) is 0 Å². The summed E-state index contributed by atoms with van der Waals surface area (Å²) in [5.41, 5.74) is 2.13. The zero-order valence-corrected chi connectivity index (χ0v) is 9.53. The number of rotatable bonds is 5. The number of nitrogens with zero attached hydrogens (tertiary/aromatic N) is 1. The smallest absolute Gasteiger partial charge is 0.263 e. The number of hydrazine groups is 1. The van der Waals surface area contributed by atoms with Gasteiger partial charge in [-0.1, -0.05) is 13.8 Å². The second-order valence-corrected chi connectivity index (χ2v) is 3.82. The van der Waals surface area contributed by atoms with E-state index in [1.54, 1.807) is 0 Å². The minimum Gasteiger partial charge on any atom is -0.364 e. The summed E-state index contributed by atoms with van der Waals surface area (Å²) in [6.07, 6.45) is 1.53. The third-order valence-corrected chi connectivity index (χ3v) is 2.90. The Bertz CT molecular complexity index is 207. The molecule has 1 aliphatic rings. The van der Waals surface area contributed by atoms with Gasteiger partial charge < -0.3 is 9.64 Å². The van der Waals surface area contributed by atoms with Crippen molar-refractivity contribution in [2.45, 2.75) is 38.9 Å². The Morgan fingerprint density at radius 1 is 1.47 bits per heavy atom. The highest BCUT2D eigenvalue weighted by molar-refractivity contribution is 5.80.